The van der Waals surface area contributed by atoms with Gasteiger partial charge >= 0.3 is 0 Å². The van der Waals surface area contributed by atoms with E-state index in [2.05, 4.69) is 20.8 Å². The number of hydrogen-bond donors (Lipinski definition) is 1. The quantitative estimate of drug-likeness (QED) is 0.936. The number of carbonyl (C=O) groups excluding carboxylic acids is 1. The van der Waals surface area contributed by atoms with Gasteiger partial charge in [-0.25, -0.2) is 0 Å². The first-order valence-corrected chi connectivity index (χ1v) is 7.41. The largest absolute Gasteiger partial charge is 0.349 e. The van der Waals surface area contributed by atoms with Crippen LogP contribution in [0.5, 0.6) is 0 Å². The summed E-state index contributed by atoms with van der Waals surface area (Å²) in [5.41, 5.74) is 1.33. The summed E-state index contributed by atoms with van der Waals surface area (Å²) in [7, 11) is 0. The molecule has 1 aromatic heterocycles. The van der Waals surface area contributed by atoms with Crippen molar-refractivity contribution >= 4 is 5.91 Å². The highest BCUT2D eigenvalue weighted by molar-refractivity contribution is 5.97. The van der Waals surface area contributed by atoms with Crippen molar-refractivity contribution < 1.29 is 4.79 Å². The van der Waals surface area contributed by atoms with Crippen LogP contribution in [0.25, 0.3) is 5.69 Å². The maximum absolute atomic E-state index is 12.5. The molecule has 1 aliphatic carbocycles. The third kappa shape index (κ3) is 2.94. The fourth-order valence-corrected chi connectivity index (χ4v) is 2.81. The number of benzene rings is 1. The summed E-state index contributed by atoms with van der Waals surface area (Å²) in [6, 6.07) is 7.70. The van der Waals surface area contributed by atoms with E-state index in [1.807, 2.05) is 31.2 Å². The van der Waals surface area contributed by atoms with E-state index in [9.17, 15) is 4.79 Å². The Labute approximate surface area is 123 Å². The van der Waals surface area contributed by atoms with Crippen molar-refractivity contribution in [1.29, 1.82) is 0 Å². The predicted molar refractivity (Wildman–Crippen MR) is 78.2 cm³/mol. The molecule has 0 radical (unpaired) electrons. The van der Waals surface area contributed by atoms with Gasteiger partial charge in [0.2, 0.25) is 0 Å². The molecule has 1 heterocycles. The van der Waals surface area contributed by atoms with E-state index in [4.69, 9.17) is 0 Å². The van der Waals surface area contributed by atoms with Crippen LogP contribution in [0.15, 0.2) is 24.3 Å². The summed E-state index contributed by atoms with van der Waals surface area (Å²) in [5, 5.41) is 14.6. The lowest BCUT2D eigenvalue weighted by molar-refractivity contribution is 0.0927. The van der Waals surface area contributed by atoms with Crippen molar-refractivity contribution in [3.8, 4) is 5.69 Å². The number of hydrogen-bond acceptors (Lipinski definition) is 4. The maximum Gasteiger partial charge on any atom is 0.253 e. The molecular weight excluding hydrogens is 266 g/mol. The Morgan fingerprint density at radius 2 is 2.00 bits per heavy atom. The van der Waals surface area contributed by atoms with Crippen molar-refractivity contribution in [2.24, 2.45) is 0 Å². The van der Waals surface area contributed by atoms with E-state index in [1.54, 1.807) is 4.68 Å². The van der Waals surface area contributed by atoms with Crippen molar-refractivity contribution in [1.82, 2.24) is 25.5 Å². The summed E-state index contributed by atoms with van der Waals surface area (Å²) in [5.74, 6) is 0.611. The highest BCUT2D eigenvalue weighted by atomic mass is 16.1. The van der Waals surface area contributed by atoms with Gasteiger partial charge in [-0.2, -0.15) is 4.68 Å². The van der Waals surface area contributed by atoms with Crippen LogP contribution in [0.1, 0.15) is 48.3 Å². The molecule has 0 aliphatic heterocycles. The lowest BCUT2D eigenvalue weighted by Gasteiger charge is -2.23. The van der Waals surface area contributed by atoms with Gasteiger partial charge in [-0.1, -0.05) is 31.4 Å². The Morgan fingerprint density at radius 1 is 1.24 bits per heavy atom. The molecule has 1 fully saturated rings. The average molecular weight is 285 g/mol. The van der Waals surface area contributed by atoms with Gasteiger partial charge in [0.1, 0.15) is 0 Å². The fourth-order valence-electron chi connectivity index (χ4n) is 2.81. The molecule has 1 aliphatic rings. The van der Waals surface area contributed by atoms with Crippen molar-refractivity contribution in [2.75, 3.05) is 0 Å². The Hall–Kier alpha value is -2.24. The normalized spacial score (nSPS) is 15.9. The second-order valence-corrected chi connectivity index (χ2v) is 5.46. The number of rotatable bonds is 3. The molecule has 6 heteroatoms. The van der Waals surface area contributed by atoms with Crippen LogP contribution in [0.3, 0.4) is 0 Å². The minimum atomic E-state index is -0.0487. The third-order valence-corrected chi connectivity index (χ3v) is 3.94. The predicted octanol–water partition coefficient (Wildman–Crippen LogP) is 2.03. The second kappa shape index (κ2) is 6.03. The molecule has 3 rings (SSSR count). The molecule has 21 heavy (non-hydrogen) atoms. The van der Waals surface area contributed by atoms with Gasteiger partial charge in [0.15, 0.2) is 5.82 Å². The van der Waals surface area contributed by atoms with Crippen LogP contribution in [0, 0.1) is 6.92 Å². The lowest BCUT2D eigenvalue weighted by Crippen LogP contribution is -2.36. The standard InChI is InChI=1S/C15H19N5O/c1-11-17-18-19-20(11)14-10-6-5-9-13(14)15(21)16-12-7-3-2-4-8-12/h5-6,9-10,12H,2-4,7-8H2,1H3,(H,16,21). The Bertz CT molecular complexity index is 630. The molecule has 2 aromatic rings. The molecule has 0 saturated heterocycles. The third-order valence-electron chi connectivity index (χ3n) is 3.94. The number of tetrazole rings is 1. The van der Waals surface area contributed by atoms with Gasteiger partial charge in [-0.05, 0) is 42.3 Å². The molecule has 0 bridgehead atoms. The number of amides is 1. The number of carbonyl (C=O) groups is 1. The highest BCUT2D eigenvalue weighted by Crippen LogP contribution is 2.19. The van der Waals surface area contributed by atoms with Crippen LogP contribution >= 0.6 is 0 Å². The number of nitrogens with zero attached hydrogens (tertiary/aromatic N) is 4. The molecule has 1 saturated carbocycles. The van der Waals surface area contributed by atoms with Gasteiger partial charge in [-0.15, -0.1) is 5.10 Å². The molecule has 0 spiro atoms. The van der Waals surface area contributed by atoms with Crippen molar-refractivity contribution in [2.45, 2.75) is 45.1 Å². The summed E-state index contributed by atoms with van der Waals surface area (Å²) < 4.78 is 1.59. The number of aryl methyl sites for hydroxylation is 1. The van der Waals surface area contributed by atoms with Gasteiger partial charge in [-0.3, -0.25) is 4.79 Å². The monoisotopic (exact) mass is 285 g/mol. The zero-order valence-electron chi connectivity index (χ0n) is 12.1. The summed E-state index contributed by atoms with van der Waals surface area (Å²) >= 11 is 0. The van der Waals surface area contributed by atoms with Crippen LogP contribution in [0.4, 0.5) is 0 Å². The summed E-state index contributed by atoms with van der Waals surface area (Å²) in [6.07, 6.45) is 5.79. The number of aromatic nitrogens is 4. The molecule has 1 N–H and O–H groups in total. The Balaban J connectivity index is 1.85. The van der Waals surface area contributed by atoms with E-state index in [0.29, 0.717) is 17.1 Å². The number of nitrogens with one attached hydrogen (secondary N) is 1. The minimum Gasteiger partial charge on any atom is -0.349 e. The SMILES string of the molecule is Cc1nnnn1-c1ccccc1C(=O)NC1CCCCC1. The highest BCUT2D eigenvalue weighted by Gasteiger charge is 2.19. The van der Waals surface area contributed by atoms with Gasteiger partial charge in [0, 0.05) is 6.04 Å². The second-order valence-electron chi connectivity index (χ2n) is 5.46. The fraction of sp³-hybridized carbons (Fsp3) is 0.467. The van der Waals surface area contributed by atoms with Gasteiger partial charge in [0.25, 0.3) is 5.91 Å². The van der Waals surface area contributed by atoms with Gasteiger partial charge < -0.3 is 5.32 Å². The first-order valence-electron chi connectivity index (χ1n) is 7.41. The Morgan fingerprint density at radius 3 is 2.71 bits per heavy atom. The molecule has 110 valence electrons. The first-order chi connectivity index (χ1) is 10.3. The lowest BCUT2D eigenvalue weighted by atomic mass is 9.95. The van der Waals surface area contributed by atoms with Crippen LogP contribution in [-0.4, -0.2) is 32.2 Å². The van der Waals surface area contributed by atoms with E-state index < -0.39 is 0 Å². The molecule has 6 nitrogen and oxygen atoms in total. The van der Waals surface area contributed by atoms with Crippen LogP contribution in [-0.2, 0) is 0 Å². The van der Waals surface area contributed by atoms with E-state index in [-0.39, 0.29) is 11.9 Å². The topological polar surface area (TPSA) is 72.7 Å². The number of para-hydroxylation sites is 1. The van der Waals surface area contributed by atoms with Crippen LogP contribution < -0.4 is 5.32 Å². The van der Waals surface area contributed by atoms with Crippen molar-refractivity contribution in [3.05, 3.63) is 35.7 Å². The molecule has 0 atom stereocenters. The molecule has 1 aromatic carbocycles. The van der Waals surface area contributed by atoms with E-state index >= 15 is 0 Å². The molecule has 1 amide bonds. The summed E-state index contributed by atoms with van der Waals surface area (Å²) in [6.45, 7) is 1.82. The zero-order valence-corrected chi connectivity index (χ0v) is 12.1. The Kier molecular flexibility index (Phi) is 3.94. The maximum atomic E-state index is 12.5. The first kappa shape index (κ1) is 13.7. The molecule has 0 unspecified atom stereocenters. The average Bonchev–Trinajstić information content (AvgIpc) is 2.94. The summed E-state index contributed by atoms with van der Waals surface area (Å²) in [4.78, 5) is 12.5. The minimum absolute atomic E-state index is 0.0487. The smallest absolute Gasteiger partial charge is 0.253 e. The van der Waals surface area contributed by atoms with Gasteiger partial charge in [0.05, 0.1) is 11.3 Å². The van der Waals surface area contributed by atoms with Crippen molar-refractivity contribution in [3.63, 3.8) is 0 Å². The molecular formula is C15H19N5O. The van der Waals surface area contributed by atoms with Crippen LogP contribution in [0.2, 0.25) is 0 Å². The van der Waals surface area contributed by atoms with E-state index in [1.165, 1.54) is 19.3 Å². The van der Waals surface area contributed by atoms with E-state index in [0.717, 1.165) is 12.8 Å². The zero-order chi connectivity index (χ0) is 14.7.